The maximum Gasteiger partial charge on any atom is 0.119 e. The zero-order chi connectivity index (χ0) is 13.4. The SMILES string of the molecule is CC(C)=CCC[C@H](C)CCOc1cccc(C)c1. The smallest absolute Gasteiger partial charge is 0.119 e. The van der Waals surface area contributed by atoms with Crippen LogP contribution in [0.15, 0.2) is 35.9 Å². The van der Waals surface area contributed by atoms with Crippen LogP contribution in [0.1, 0.15) is 45.6 Å². The van der Waals surface area contributed by atoms with Crippen LogP contribution in [0.3, 0.4) is 0 Å². The molecule has 0 aromatic heterocycles. The Morgan fingerprint density at radius 3 is 2.72 bits per heavy atom. The van der Waals surface area contributed by atoms with Crippen LogP contribution in [0.2, 0.25) is 0 Å². The third-order valence-electron chi connectivity index (χ3n) is 3.08. The molecule has 0 bridgehead atoms. The summed E-state index contributed by atoms with van der Waals surface area (Å²) in [6, 6.07) is 8.26. The molecule has 0 heterocycles. The predicted octanol–water partition coefficient (Wildman–Crippen LogP) is 5.15. The number of allylic oxidation sites excluding steroid dienone is 2. The van der Waals surface area contributed by atoms with Crippen LogP contribution in [-0.2, 0) is 0 Å². The molecule has 1 atom stereocenters. The Bertz CT molecular complexity index is 375. The minimum Gasteiger partial charge on any atom is -0.494 e. The highest BCUT2D eigenvalue weighted by Crippen LogP contribution is 2.15. The van der Waals surface area contributed by atoms with Gasteiger partial charge in [0.1, 0.15) is 5.75 Å². The molecule has 0 aliphatic heterocycles. The van der Waals surface area contributed by atoms with Crippen LogP contribution < -0.4 is 4.74 Å². The van der Waals surface area contributed by atoms with E-state index in [1.54, 1.807) is 0 Å². The molecule has 1 aromatic rings. The Labute approximate surface area is 112 Å². The minimum absolute atomic E-state index is 0.727. The highest BCUT2D eigenvalue weighted by molar-refractivity contribution is 5.27. The van der Waals surface area contributed by atoms with Crippen molar-refractivity contribution in [2.75, 3.05) is 6.61 Å². The maximum absolute atomic E-state index is 5.77. The first-order valence-electron chi connectivity index (χ1n) is 6.90. The summed E-state index contributed by atoms with van der Waals surface area (Å²) in [6.07, 6.45) is 5.89. The molecule has 0 radical (unpaired) electrons. The van der Waals surface area contributed by atoms with E-state index in [0.717, 1.165) is 24.7 Å². The Morgan fingerprint density at radius 2 is 2.06 bits per heavy atom. The molecule has 1 nitrogen and oxygen atoms in total. The summed E-state index contributed by atoms with van der Waals surface area (Å²) < 4.78 is 5.77. The summed E-state index contributed by atoms with van der Waals surface area (Å²) in [5, 5.41) is 0. The van der Waals surface area contributed by atoms with Crippen molar-refractivity contribution in [2.24, 2.45) is 5.92 Å². The van der Waals surface area contributed by atoms with Crippen molar-refractivity contribution in [2.45, 2.75) is 47.0 Å². The molecule has 1 heteroatoms. The quantitative estimate of drug-likeness (QED) is 0.605. The van der Waals surface area contributed by atoms with Gasteiger partial charge in [-0.25, -0.2) is 0 Å². The molecule has 0 saturated carbocycles. The molecule has 1 aromatic carbocycles. The van der Waals surface area contributed by atoms with E-state index < -0.39 is 0 Å². The van der Waals surface area contributed by atoms with Crippen LogP contribution in [0.4, 0.5) is 0 Å². The number of hydrogen-bond donors (Lipinski definition) is 0. The van der Waals surface area contributed by atoms with Gasteiger partial charge in [-0.3, -0.25) is 0 Å². The number of benzene rings is 1. The van der Waals surface area contributed by atoms with Crippen molar-refractivity contribution in [3.8, 4) is 5.75 Å². The third-order valence-corrected chi connectivity index (χ3v) is 3.08. The van der Waals surface area contributed by atoms with Crippen LogP contribution in [0.5, 0.6) is 5.75 Å². The molecule has 18 heavy (non-hydrogen) atoms. The zero-order valence-corrected chi connectivity index (χ0v) is 12.2. The lowest BCUT2D eigenvalue weighted by molar-refractivity contribution is 0.279. The largest absolute Gasteiger partial charge is 0.494 e. The van der Waals surface area contributed by atoms with Gasteiger partial charge >= 0.3 is 0 Å². The van der Waals surface area contributed by atoms with Gasteiger partial charge in [-0.05, 0) is 63.6 Å². The van der Waals surface area contributed by atoms with Crippen molar-refractivity contribution in [3.05, 3.63) is 41.5 Å². The molecule has 0 saturated heterocycles. The minimum atomic E-state index is 0.727. The highest BCUT2D eigenvalue weighted by Gasteiger charge is 2.02. The molecule has 100 valence electrons. The van der Waals surface area contributed by atoms with E-state index in [2.05, 4.69) is 45.9 Å². The van der Waals surface area contributed by atoms with Crippen LogP contribution >= 0.6 is 0 Å². The zero-order valence-electron chi connectivity index (χ0n) is 12.2. The number of ether oxygens (including phenoxy) is 1. The Balaban J connectivity index is 2.19. The lowest BCUT2D eigenvalue weighted by Gasteiger charge is -2.11. The fourth-order valence-electron chi connectivity index (χ4n) is 1.88. The van der Waals surface area contributed by atoms with E-state index >= 15 is 0 Å². The van der Waals surface area contributed by atoms with E-state index in [0.29, 0.717) is 0 Å². The Morgan fingerprint density at radius 1 is 1.28 bits per heavy atom. The van der Waals surface area contributed by atoms with Gasteiger partial charge < -0.3 is 4.74 Å². The van der Waals surface area contributed by atoms with Gasteiger partial charge in [0.15, 0.2) is 0 Å². The van der Waals surface area contributed by atoms with Crippen LogP contribution in [0, 0.1) is 12.8 Å². The number of rotatable bonds is 7. The standard InChI is InChI=1S/C17H26O/c1-14(2)7-5-8-15(3)11-12-18-17-10-6-9-16(4)13-17/h6-7,9-10,13,15H,5,8,11-12H2,1-4H3/t15-/m0/s1. The Hall–Kier alpha value is -1.24. The van der Waals surface area contributed by atoms with Crippen LogP contribution in [0.25, 0.3) is 0 Å². The molecule has 0 fully saturated rings. The fourth-order valence-corrected chi connectivity index (χ4v) is 1.88. The van der Waals surface area contributed by atoms with E-state index in [4.69, 9.17) is 4.74 Å². The third kappa shape index (κ3) is 6.48. The first-order chi connectivity index (χ1) is 8.58. The second kappa shape index (κ2) is 7.97. The number of aryl methyl sites for hydroxylation is 1. The van der Waals surface area contributed by atoms with Gasteiger partial charge in [0.25, 0.3) is 0 Å². The van der Waals surface area contributed by atoms with E-state index in [-0.39, 0.29) is 0 Å². The second-order valence-corrected chi connectivity index (χ2v) is 5.42. The predicted molar refractivity (Wildman–Crippen MR) is 79.1 cm³/mol. The normalized spacial score (nSPS) is 12.0. The van der Waals surface area contributed by atoms with Crippen molar-refractivity contribution < 1.29 is 4.74 Å². The molecule has 0 spiro atoms. The topological polar surface area (TPSA) is 9.23 Å². The van der Waals surface area contributed by atoms with Gasteiger partial charge in [-0.1, -0.05) is 30.7 Å². The average Bonchev–Trinajstić information content (AvgIpc) is 2.28. The summed E-state index contributed by atoms with van der Waals surface area (Å²) in [5.41, 5.74) is 2.67. The summed E-state index contributed by atoms with van der Waals surface area (Å²) in [5.74, 6) is 1.72. The summed E-state index contributed by atoms with van der Waals surface area (Å²) >= 11 is 0. The molecule has 0 N–H and O–H groups in total. The first-order valence-corrected chi connectivity index (χ1v) is 6.90. The summed E-state index contributed by atoms with van der Waals surface area (Å²) in [6.45, 7) is 9.53. The molecule has 1 rings (SSSR count). The fraction of sp³-hybridized carbons (Fsp3) is 0.529. The maximum atomic E-state index is 5.77. The second-order valence-electron chi connectivity index (χ2n) is 5.42. The van der Waals surface area contributed by atoms with Gasteiger partial charge in [-0.2, -0.15) is 0 Å². The average molecular weight is 246 g/mol. The van der Waals surface area contributed by atoms with Crippen molar-refractivity contribution in [3.63, 3.8) is 0 Å². The lowest BCUT2D eigenvalue weighted by atomic mass is 10.0. The van der Waals surface area contributed by atoms with Crippen molar-refractivity contribution in [1.29, 1.82) is 0 Å². The van der Waals surface area contributed by atoms with Gasteiger partial charge in [0.2, 0.25) is 0 Å². The summed E-state index contributed by atoms with van der Waals surface area (Å²) in [4.78, 5) is 0. The number of hydrogen-bond acceptors (Lipinski definition) is 1. The molecular formula is C17H26O. The monoisotopic (exact) mass is 246 g/mol. The molecule has 0 aliphatic rings. The van der Waals surface area contributed by atoms with Crippen molar-refractivity contribution in [1.82, 2.24) is 0 Å². The molecular weight excluding hydrogens is 220 g/mol. The molecule has 0 amide bonds. The van der Waals surface area contributed by atoms with Gasteiger partial charge in [-0.15, -0.1) is 0 Å². The summed E-state index contributed by atoms with van der Waals surface area (Å²) in [7, 11) is 0. The van der Waals surface area contributed by atoms with E-state index in [9.17, 15) is 0 Å². The Kier molecular flexibility index (Phi) is 6.56. The van der Waals surface area contributed by atoms with E-state index in [1.807, 2.05) is 12.1 Å². The van der Waals surface area contributed by atoms with Gasteiger partial charge in [0.05, 0.1) is 6.61 Å². The van der Waals surface area contributed by atoms with Crippen molar-refractivity contribution >= 4 is 0 Å². The van der Waals surface area contributed by atoms with Gasteiger partial charge in [0, 0.05) is 0 Å². The molecule has 0 unspecified atom stereocenters. The highest BCUT2D eigenvalue weighted by atomic mass is 16.5. The molecule has 0 aliphatic carbocycles. The van der Waals surface area contributed by atoms with E-state index in [1.165, 1.54) is 24.0 Å². The first kappa shape index (κ1) is 14.8. The lowest BCUT2D eigenvalue weighted by Crippen LogP contribution is -2.04. The van der Waals surface area contributed by atoms with Crippen LogP contribution in [-0.4, -0.2) is 6.61 Å².